The first kappa shape index (κ1) is 23.8. The molecule has 0 spiro atoms. The second kappa shape index (κ2) is 11.7. The maximum Gasteiger partial charge on any atom is 0.320 e. The predicted octanol–water partition coefficient (Wildman–Crippen LogP) is 2.96. The van der Waals surface area contributed by atoms with E-state index in [1.807, 2.05) is 36.4 Å². The van der Waals surface area contributed by atoms with Crippen LogP contribution in [0.1, 0.15) is 29.9 Å². The van der Waals surface area contributed by atoms with Crippen molar-refractivity contribution in [3.63, 3.8) is 0 Å². The van der Waals surface area contributed by atoms with Gasteiger partial charge in [-0.2, -0.15) is 0 Å². The molecule has 3 atom stereocenters. The minimum atomic E-state index is -0.857. The number of carbonyl (C=O) groups is 1. The van der Waals surface area contributed by atoms with E-state index in [9.17, 15) is 15.0 Å². The van der Waals surface area contributed by atoms with Crippen molar-refractivity contribution in [3.05, 3.63) is 53.6 Å². The van der Waals surface area contributed by atoms with Crippen molar-refractivity contribution in [2.45, 2.75) is 37.5 Å². The van der Waals surface area contributed by atoms with Crippen LogP contribution in [0.4, 0.5) is 5.69 Å². The first-order chi connectivity index (χ1) is 15.5. The number of nitrogens with one attached hydrogen (secondary N) is 2. The summed E-state index contributed by atoms with van der Waals surface area (Å²) in [7, 11) is 3.28. The minimum Gasteiger partial charge on any atom is -0.506 e. The molecule has 32 heavy (non-hydrogen) atoms. The fourth-order valence-corrected chi connectivity index (χ4v) is 3.91. The summed E-state index contributed by atoms with van der Waals surface area (Å²) in [4.78, 5) is 11.6. The van der Waals surface area contributed by atoms with Crippen LogP contribution in [-0.4, -0.2) is 62.2 Å². The Kier molecular flexibility index (Phi) is 8.72. The Morgan fingerprint density at radius 1 is 1.19 bits per heavy atom. The van der Waals surface area contributed by atoms with Crippen molar-refractivity contribution < 1.29 is 29.2 Å². The third kappa shape index (κ3) is 6.35. The fourth-order valence-electron chi connectivity index (χ4n) is 3.91. The summed E-state index contributed by atoms with van der Waals surface area (Å²) in [6.45, 7) is 2.13. The topological polar surface area (TPSA) is 109 Å². The number of aromatic hydroxyl groups is 1. The Balaban J connectivity index is 1.68. The van der Waals surface area contributed by atoms with Crippen molar-refractivity contribution >= 4 is 11.7 Å². The summed E-state index contributed by atoms with van der Waals surface area (Å²) in [5.74, 6) is 0.0205. The Bertz CT molecular complexity index is 873. The molecule has 1 fully saturated rings. The molecule has 1 aliphatic heterocycles. The highest BCUT2D eigenvalue weighted by Crippen LogP contribution is 2.32. The second-order valence-corrected chi connectivity index (χ2v) is 7.89. The standard InChI is InChI=1S/C24H32N2O6/c1-30-11-3-10-25-20-12-16(4-9-22(20)27)15-32-23-14-26-21(24(28)29)13-19(23)17-5-7-18(31-2)8-6-17/h4-9,12,19,21,23,25-27H,3,10-11,13-15H2,1-2H3,(H,28,29)/t19-,21+,23+/m1/s1. The highest BCUT2D eigenvalue weighted by Gasteiger charge is 2.35. The molecule has 3 rings (SSSR count). The van der Waals surface area contributed by atoms with E-state index in [2.05, 4.69) is 10.6 Å². The number of phenols is 1. The molecule has 0 aromatic heterocycles. The Labute approximate surface area is 188 Å². The highest BCUT2D eigenvalue weighted by atomic mass is 16.5. The summed E-state index contributed by atoms with van der Waals surface area (Å²) >= 11 is 0. The van der Waals surface area contributed by atoms with E-state index in [-0.39, 0.29) is 17.8 Å². The van der Waals surface area contributed by atoms with E-state index in [4.69, 9.17) is 14.2 Å². The molecule has 1 aliphatic rings. The zero-order valence-corrected chi connectivity index (χ0v) is 18.5. The molecular formula is C24H32N2O6. The zero-order chi connectivity index (χ0) is 22.9. The molecule has 2 aromatic rings. The molecule has 2 aromatic carbocycles. The maximum absolute atomic E-state index is 11.6. The normalized spacial score (nSPS) is 20.6. The number of methoxy groups -OCH3 is 2. The van der Waals surface area contributed by atoms with E-state index < -0.39 is 12.0 Å². The molecule has 0 amide bonds. The molecule has 8 nitrogen and oxygen atoms in total. The SMILES string of the molecule is COCCCNc1cc(CO[C@H]2CN[C@H](C(=O)O)C[C@@H]2c2ccc(OC)cc2)ccc1O. The number of anilines is 1. The van der Waals surface area contributed by atoms with Crippen LogP contribution in [0, 0.1) is 0 Å². The Morgan fingerprint density at radius 3 is 2.66 bits per heavy atom. The van der Waals surface area contributed by atoms with Gasteiger partial charge in [-0.1, -0.05) is 18.2 Å². The lowest BCUT2D eigenvalue weighted by Crippen LogP contribution is -2.50. The van der Waals surface area contributed by atoms with E-state index >= 15 is 0 Å². The number of hydrogen-bond acceptors (Lipinski definition) is 7. The van der Waals surface area contributed by atoms with E-state index in [0.29, 0.717) is 38.4 Å². The summed E-state index contributed by atoms with van der Waals surface area (Å²) in [5, 5.41) is 25.9. The van der Waals surface area contributed by atoms with Crippen LogP contribution >= 0.6 is 0 Å². The molecule has 0 unspecified atom stereocenters. The van der Waals surface area contributed by atoms with Crippen molar-refractivity contribution in [1.82, 2.24) is 5.32 Å². The molecule has 0 bridgehead atoms. The first-order valence-corrected chi connectivity index (χ1v) is 10.8. The molecule has 1 heterocycles. The number of hydrogen-bond donors (Lipinski definition) is 4. The monoisotopic (exact) mass is 444 g/mol. The average Bonchev–Trinajstić information content (AvgIpc) is 2.82. The van der Waals surface area contributed by atoms with Crippen LogP contribution < -0.4 is 15.4 Å². The van der Waals surface area contributed by atoms with Crippen LogP contribution in [0.15, 0.2) is 42.5 Å². The summed E-state index contributed by atoms with van der Waals surface area (Å²) in [6.07, 6.45) is 1.08. The number of rotatable bonds is 11. The van der Waals surface area contributed by atoms with Crippen LogP contribution in [0.5, 0.6) is 11.5 Å². The second-order valence-electron chi connectivity index (χ2n) is 7.89. The third-order valence-electron chi connectivity index (χ3n) is 5.71. The highest BCUT2D eigenvalue weighted by molar-refractivity contribution is 5.73. The number of benzene rings is 2. The van der Waals surface area contributed by atoms with Gasteiger partial charge in [-0.25, -0.2) is 0 Å². The molecule has 0 radical (unpaired) electrons. The number of carboxylic acid groups (broad SMARTS) is 1. The van der Waals surface area contributed by atoms with E-state index in [1.54, 1.807) is 20.3 Å². The Hall–Kier alpha value is -2.81. The number of aliphatic carboxylic acids is 1. The number of phenolic OH excluding ortho intramolecular Hbond substituents is 1. The first-order valence-electron chi connectivity index (χ1n) is 10.8. The lowest BCUT2D eigenvalue weighted by Gasteiger charge is -2.35. The largest absolute Gasteiger partial charge is 0.506 e. The maximum atomic E-state index is 11.6. The van der Waals surface area contributed by atoms with Crippen molar-refractivity contribution in [1.29, 1.82) is 0 Å². The summed E-state index contributed by atoms with van der Waals surface area (Å²) in [5.41, 5.74) is 2.60. The van der Waals surface area contributed by atoms with Gasteiger partial charge < -0.3 is 35.1 Å². The van der Waals surface area contributed by atoms with Crippen LogP contribution in [0.3, 0.4) is 0 Å². The van der Waals surface area contributed by atoms with Gasteiger partial charge in [0, 0.05) is 32.7 Å². The summed E-state index contributed by atoms with van der Waals surface area (Å²) in [6, 6.07) is 12.4. The Morgan fingerprint density at radius 2 is 1.97 bits per heavy atom. The molecule has 0 aliphatic carbocycles. The average molecular weight is 445 g/mol. The number of piperidine rings is 1. The zero-order valence-electron chi connectivity index (χ0n) is 18.5. The van der Waals surface area contributed by atoms with Gasteiger partial charge in [-0.15, -0.1) is 0 Å². The molecule has 1 saturated heterocycles. The predicted molar refractivity (Wildman–Crippen MR) is 121 cm³/mol. The van der Waals surface area contributed by atoms with Gasteiger partial charge in [0.2, 0.25) is 0 Å². The molecule has 174 valence electrons. The van der Waals surface area contributed by atoms with Crippen LogP contribution in [0.2, 0.25) is 0 Å². The van der Waals surface area contributed by atoms with Gasteiger partial charge in [-0.3, -0.25) is 4.79 Å². The quantitative estimate of drug-likeness (QED) is 0.309. The molecule has 0 saturated carbocycles. The van der Waals surface area contributed by atoms with Crippen LogP contribution in [-0.2, 0) is 20.9 Å². The van der Waals surface area contributed by atoms with Crippen molar-refractivity contribution in [2.24, 2.45) is 0 Å². The van der Waals surface area contributed by atoms with E-state index in [1.165, 1.54) is 0 Å². The lowest BCUT2D eigenvalue weighted by atomic mass is 9.84. The lowest BCUT2D eigenvalue weighted by molar-refractivity contribution is -0.141. The van der Waals surface area contributed by atoms with Gasteiger partial charge in [0.1, 0.15) is 17.5 Å². The minimum absolute atomic E-state index is 0.0630. The van der Waals surface area contributed by atoms with Crippen LogP contribution in [0.25, 0.3) is 0 Å². The molecule has 8 heteroatoms. The van der Waals surface area contributed by atoms with Gasteiger partial charge in [-0.05, 0) is 48.2 Å². The van der Waals surface area contributed by atoms with Gasteiger partial charge in [0.25, 0.3) is 0 Å². The van der Waals surface area contributed by atoms with Crippen molar-refractivity contribution in [2.75, 3.05) is 39.2 Å². The van der Waals surface area contributed by atoms with Gasteiger partial charge >= 0.3 is 5.97 Å². The fraction of sp³-hybridized carbons (Fsp3) is 0.458. The van der Waals surface area contributed by atoms with E-state index in [0.717, 1.165) is 23.3 Å². The number of ether oxygens (including phenoxy) is 3. The molecular weight excluding hydrogens is 412 g/mol. The van der Waals surface area contributed by atoms with Gasteiger partial charge in [0.15, 0.2) is 0 Å². The van der Waals surface area contributed by atoms with Crippen molar-refractivity contribution in [3.8, 4) is 11.5 Å². The molecule has 4 N–H and O–H groups in total. The summed E-state index contributed by atoms with van der Waals surface area (Å²) < 4.78 is 16.5. The number of carboxylic acids is 1. The third-order valence-corrected chi connectivity index (χ3v) is 5.71. The van der Waals surface area contributed by atoms with Gasteiger partial charge in [0.05, 0.1) is 25.5 Å². The smallest absolute Gasteiger partial charge is 0.320 e.